The highest BCUT2D eigenvalue weighted by Crippen LogP contribution is 2.24. The third kappa shape index (κ3) is 4.28. The van der Waals surface area contributed by atoms with Gasteiger partial charge in [-0.05, 0) is 39.9 Å². The molecule has 0 saturated carbocycles. The van der Waals surface area contributed by atoms with E-state index in [2.05, 4.69) is 16.7 Å². The number of hydrogen-bond donors (Lipinski definition) is 1. The van der Waals surface area contributed by atoms with Crippen molar-refractivity contribution in [2.75, 3.05) is 33.7 Å². The second-order valence-corrected chi connectivity index (χ2v) is 4.83. The molecule has 0 spiro atoms. The number of carboxylic acid groups (broad SMARTS) is 1. The normalized spacial score (nSPS) is 12.4. The van der Waals surface area contributed by atoms with E-state index in [1.54, 1.807) is 0 Å². The predicted octanol–water partition coefficient (Wildman–Crippen LogP) is 1.90. The monoisotopic (exact) mass is 244 g/mol. The second-order valence-electron chi connectivity index (χ2n) is 4.83. The number of carboxylic acids is 1. The average molecular weight is 244 g/mol. The summed E-state index contributed by atoms with van der Waals surface area (Å²) in [6, 6.07) is 0. The van der Waals surface area contributed by atoms with Crippen LogP contribution in [0.25, 0.3) is 0 Å². The van der Waals surface area contributed by atoms with Crippen molar-refractivity contribution in [2.24, 2.45) is 0 Å². The first-order valence-corrected chi connectivity index (χ1v) is 6.57. The van der Waals surface area contributed by atoms with Gasteiger partial charge in [0.15, 0.2) is 0 Å². The van der Waals surface area contributed by atoms with E-state index in [4.69, 9.17) is 0 Å². The second kappa shape index (κ2) is 7.67. The van der Waals surface area contributed by atoms with Crippen molar-refractivity contribution in [1.29, 1.82) is 0 Å². The van der Waals surface area contributed by atoms with Crippen molar-refractivity contribution in [3.05, 3.63) is 0 Å². The van der Waals surface area contributed by atoms with Crippen LogP contribution in [0, 0.1) is 0 Å². The third-order valence-corrected chi connectivity index (χ3v) is 3.48. The molecule has 0 aliphatic heterocycles. The topological polar surface area (TPSA) is 43.8 Å². The van der Waals surface area contributed by atoms with Crippen LogP contribution in [0.1, 0.15) is 40.0 Å². The number of nitrogens with zero attached hydrogens (tertiary/aromatic N) is 2. The molecule has 102 valence electrons. The summed E-state index contributed by atoms with van der Waals surface area (Å²) in [7, 11) is 4.04. The van der Waals surface area contributed by atoms with Crippen LogP contribution in [0.4, 0.5) is 0 Å². The fraction of sp³-hybridized carbons (Fsp3) is 0.923. The molecule has 0 unspecified atom stereocenters. The van der Waals surface area contributed by atoms with Gasteiger partial charge in [-0.2, -0.15) is 0 Å². The molecular weight excluding hydrogens is 216 g/mol. The Morgan fingerprint density at radius 3 is 1.88 bits per heavy atom. The highest BCUT2D eigenvalue weighted by Gasteiger charge is 2.40. The fourth-order valence-electron chi connectivity index (χ4n) is 2.27. The molecule has 0 amide bonds. The minimum absolute atomic E-state index is 0.659. The van der Waals surface area contributed by atoms with Crippen molar-refractivity contribution in [3.8, 4) is 0 Å². The van der Waals surface area contributed by atoms with Crippen LogP contribution in [0.5, 0.6) is 0 Å². The predicted molar refractivity (Wildman–Crippen MR) is 71.4 cm³/mol. The maximum absolute atomic E-state index is 11.6. The first-order chi connectivity index (χ1) is 7.94. The molecule has 0 atom stereocenters. The van der Waals surface area contributed by atoms with E-state index in [1.807, 2.05) is 27.9 Å². The molecule has 0 aliphatic rings. The number of carbonyl (C=O) groups is 1. The van der Waals surface area contributed by atoms with Crippen LogP contribution >= 0.6 is 0 Å². The van der Waals surface area contributed by atoms with E-state index in [-0.39, 0.29) is 0 Å². The maximum atomic E-state index is 11.6. The molecule has 0 aromatic carbocycles. The third-order valence-electron chi connectivity index (χ3n) is 3.48. The largest absolute Gasteiger partial charge is 0.480 e. The number of hydrogen-bond acceptors (Lipinski definition) is 3. The summed E-state index contributed by atoms with van der Waals surface area (Å²) in [5.41, 5.74) is -0.688. The molecule has 0 heterocycles. The van der Waals surface area contributed by atoms with E-state index >= 15 is 0 Å². The van der Waals surface area contributed by atoms with Gasteiger partial charge < -0.3 is 10.0 Å². The Kier molecular flexibility index (Phi) is 7.39. The van der Waals surface area contributed by atoms with E-state index in [9.17, 15) is 9.90 Å². The van der Waals surface area contributed by atoms with Crippen LogP contribution in [0.15, 0.2) is 0 Å². The van der Waals surface area contributed by atoms with E-state index in [0.29, 0.717) is 12.8 Å². The molecular formula is C13H28N2O2. The SMILES string of the molecule is CCCN(CCN(C)C)C(CC)(CC)C(=O)O. The molecule has 4 heteroatoms. The summed E-state index contributed by atoms with van der Waals surface area (Å²) in [5, 5.41) is 9.53. The van der Waals surface area contributed by atoms with Gasteiger partial charge in [-0.25, -0.2) is 0 Å². The molecule has 0 radical (unpaired) electrons. The Labute approximate surface area is 106 Å². The van der Waals surface area contributed by atoms with Crippen LogP contribution in [0.2, 0.25) is 0 Å². The lowest BCUT2D eigenvalue weighted by Crippen LogP contribution is -2.55. The van der Waals surface area contributed by atoms with Crippen molar-refractivity contribution in [3.63, 3.8) is 0 Å². The number of likely N-dealkylation sites (N-methyl/N-ethyl adjacent to an activating group) is 1. The highest BCUT2D eigenvalue weighted by atomic mass is 16.4. The lowest BCUT2D eigenvalue weighted by molar-refractivity contribution is -0.152. The van der Waals surface area contributed by atoms with Gasteiger partial charge in [0.05, 0.1) is 0 Å². The molecule has 4 nitrogen and oxygen atoms in total. The Balaban J connectivity index is 4.88. The summed E-state index contributed by atoms with van der Waals surface area (Å²) in [6.07, 6.45) is 2.31. The van der Waals surface area contributed by atoms with Gasteiger partial charge in [0.2, 0.25) is 0 Å². The average Bonchev–Trinajstić information content (AvgIpc) is 2.27. The summed E-state index contributed by atoms with van der Waals surface area (Å²) in [6.45, 7) is 8.60. The van der Waals surface area contributed by atoms with E-state index in [1.165, 1.54) is 0 Å². The lowest BCUT2D eigenvalue weighted by atomic mass is 9.90. The zero-order chi connectivity index (χ0) is 13.5. The summed E-state index contributed by atoms with van der Waals surface area (Å²) < 4.78 is 0. The van der Waals surface area contributed by atoms with Crippen molar-refractivity contribution < 1.29 is 9.90 Å². The minimum atomic E-state index is -0.688. The van der Waals surface area contributed by atoms with Gasteiger partial charge in [-0.15, -0.1) is 0 Å². The Morgan fingerprint density at radius 2 is 1.59 bits per heavy atom. The van der Waals surface area contributed by atoms with Crippen LogP contribution < -0.4 is 0 Å². The van der Waals surface area contributed by atoms with Gasteiger partial charge in [0.25, 0.3) is 0 Å². The van der Waals surface area contributed by atoms with Gasteiger partial charge in [0, 0.05) is 13.1 Å². The standard InChI is InChI=1S/C13H28N2O2/c1-6-9-15(11-10-14(4)5)13(7-2,8-3)12(16)17/h6-11H2,1-5H3,(H,16,17). The van der Waals surface area contributed by atoms with Crippen LogP contribution in [-0.2, 0) is 4.79 Å². The minimum Gasteiger partial charge on any atom is -0.480 e. The van der Waals surface area contributed by atoms with Gasteiger partial charge in [-0.3, -0.25) is 9.69 Å². The zero-order valence-electron chi connectivity index (χ0n) is 12.0. The Bertz CT molecular complexity index is 225. The molecule has 0 aliphatic carbocycles. The maximum Gasteiger partial charge on any atom is 0.324 e. The zero-order valence-corrected chi connectivity index (χ0v) is 12.0. The lowest BCUT2D eigenvalue weighted by Gasteiger charge is -2.40. The molecule has 0 saturated heterocycles. The number of rotatable bonds is 9. The highest BCUT2D eigenvalue weighted by molar-refractivity contribution is 5.78. The van der Waals surface area contributed by atoms with Crippen LogP contribution in [0.3, 0.4) is 0 Å². The quantitative estimate of drug-likeness (QED) is 0.673. The summed E-state index contributed by atoms with van der Waals surface area (Å²) >= 11 is 0. The number of aliphatic carboxylic acids is 1. The molecule has 17 heavy (non-hydrogen) atoms. The summed E-state index contributed by atoms with van der Waals surface area (Å²) in [5.74, 6) is -0.685. The Hall–Kier alpha value is -0.610. The van der Waals surface area contributed by atoms with Gasteiger partial charge in [-0.1, -0.05) is 20.8 Å². The molecule has 0 aromatic rings. The van der Waals surface area contributed by atoms with Crippen molar-refractivity contribution >= 4 is 5.97 Å². The van der Waals surface area contributed by atoms with Crippen LogP contribution in [-0.4, -0.2) is 60.1 Å². The molecule has 0 fully saturated rings. The molecule has 0 rings (SSSR count). The first-order valence-electron chi connectivity index (χ1n) is 6.57. The van der Waals surface area contributed by atoms with Gasteiger partial charge in [0.1, 0.15) is 5.54 Å². The fourth-order valence-corrected chi connectivity index (χ4v) is 2.27. The molecule has 0 bridgehead atoms. The smallest absolute Gasteiger partial charge is 0.324 e. The van der Waals surface area contributed by atoms with E-state index in [0.717, 1.165) is 26.1 Å². The molecule has 1 N–H and O–H groups in total. The molecule has 0 aromatic heterocycles. The van der Waals surface area contributed by atoms with Gasteiger partial charge >= 0.3 is 5.97 Å². The van der Waals surface area contributed by atoms with Crippen molar-refractivity contribution in [1.82, 2.24) is 9.80 Å². The Morgan fingerprint density at radius 1 is 1.06 bits per heavy atom. The summed E-state index contributed by atoms with van der Waals surface area (Å²) in [4.78, 5) is 15.8. The van der Waals surface area contributed by atoms with Crippen molar-refractivity contribution in [2.45, 2.75) is 45.6 Å². The first kappa shape index (κ1) is 16.4. The van der Waals surface area contributed by atoms with E-state index < -0.39 is 11.5 Å².